The van der Waals surface area contributed by atoms with Gasteiger partial charge in [-0.05, 0) is 37.1 Å². The Kier molecular flexibility index (Phi) is 4.76. The minimum Gasteiger partial charge on any atom is -0.480 e. The number of aliphatic carboxylic acids is 1. The fourth-order valence-electron chi connectivity index (χ4n) is 2.09. The summed E-state index contributed by atoms with van der Waals surface area (Å²) >= 11 is 0. The van der Waals surface area contributed by atoms with Crippen LogP contribution < -0.4 is 10.6 Å². The van der Waals surface area contributed by atoms with Crippen molar-refractivity contribution in [2.75, 3.05) is 25.0 Å². The van der Waals surface area contributed by atoms with Gasteiger partial charge in [0.1, 0.15) is 6.54 Å². The van der Waals surface area contributed by atoms with E-state index in [2.05, 4.69) is 10.6 Å². The third-order valence-corrected chi connectivity index (χ3v) is 3.19. The van der Waals surface area contributed by atoms with Crippen LogP contribution in [0.5, 0.6) is 0 Å². The van der Waals surface area contributed by atoms with E-state index in [-0.39, 0.29) is 6.03 Å². The third kappa shape index (κ3) is 4.20. The second-order valence-electron chi connectivity index (χ2n) is 4.78. The average Bonchev–Trinajstić information content (AvgIpc) is 3.00. The van der Waals surface area contributed by atoms with E-state index >= 15 is 0 Å². The van der Waals surface area contributed by atoms with Crippen LogP contribution in [-0.2, 0) is 4.79 Å². The number of carbonyl (C=O) groups is 3. The van der Waals surface area contributed by atoms with Gasteiger partial charge in [0.2, 0.25) is 0 Å². The van der Waals surface area contributed by atoms with E-state index in [1.54, 1.807) is 17.0 Å². The van der Waals surface area contributed by atoms with Crippen LogP contribution in [0.3, 0.4) is 0 Å². The van der Waals surface area contributed by atoms with Crippen LogP contribution in [0.15, 0.2) is 24.3 Å². The Morgan fingerprint density at radius 1 is 1.10 bits per heavy atom. The highest BCUT2D eigenvalue weighted by Gasteiger charge is 2.17. The van der Waals surface area contributed by atoms with E-state index < -0.39 is 18.4 Å². The molecule has 1 heterocycles. The van der Waals surface area contributed by atoms with Gasteiger partial charge in [-0.3, -0.25) is 9.59 Å². The topological polar surface area (TPSA) is 98.7 Å². The Bertz CT molecular complexity index is 536. The van der Waals surface area contributed by atoms with Crippen LogP contribution in [0.4, 0.5) is 10.5 Å². The monoisotopic (exact) mass is 291 g/mol. The number of nitrogens with one attached hydrogen (secondary N) is 2. The number of rotatable bonds is 4. The molecule has 1 fully saturated rings. The van der Waals surface area contributed by atoms with Crippen molar-refractivity contribution < 1.29 is 19.5 Å². The molecule has 3 amide bonds. The lowest BCUT2D eigenvalue weighted by Gasteiger charge is -2.16. The highest BCUT2D eigenvalue weighted by Crippen LogP contribution is 2.13. The third-order valence-electron chi connectivity index (χ3n) is 3.19. The molecule has 0 bridgehead atoms. The zero-order chi connectivity index (χ0) is 15.2. The molecule has 112 valence electrons. The van der Waals surface area contributed by atoms with Gasteiger partial charge in [0.05, 0.1) is 0 Å². The molecule has 1 aromatic rings. The Morgan fingerprint density at radius 2 is 1.71 bits per heavy atom. The molecular weight excluding hydrogens is 274 g/mol. The molecule has 0 aliphatic carbocycles. The summed E-state index contributed by atoms with van der Waals surface area (Å²) in [7, 11) is 0. The van der Waals surface area contributed by atoms with Crippen LogP contribution in [-0.4, -0.2) is 47.5 Å². The Balaban J connectivity index is 1.90. The Hall–Kier alpha value is -2.57. The van der Waals surface area contributed by atoms with Gasteiger partial charge in [0.15, 0.2) is 0 Å². The average molecular weight is 291 g/mol. The van der Waals surface area contributed by atoms with Crippen molar-refractivity contribution in [1.82, 2.24) is 10.2 Å². The number of likely N-dealkylation sites (tertiary alicyclic amines) is 1. The molecule has 0 saturated carbocycles. The van der Waals surface area contributed by atoms with Crippen LogP contribution in [0.25, 0.3) is 0 Å². The predicted molar refractivity (Wildman–Crippen MR) is 76.2 cm³/mol. The van der Waals surface area contributed by atoms with Gasteiger partial charge in [-0.1, -0.05) is 0 Å². The maximum atomic E-state index is 11.9. The van der Waals surface area contributed by atoms with Gasteiger partial charge in [-0.25, -0.2) is 4.79 Å². The van der Waals surface area contributed by atoms with Gasteiger partial charge in [-0.15, -0.1) is 0 Å². The second-order valence-corrected chi connectivity index (χ2v) is 4.78. The molecule has 7 nitrogen and oxygen atoms in total. The number of nitrogens with zero attached hydrogens (tertiary/aromatic N) is 1. The molecule has 0 atom stereocenters. The van der Waals surface area contributed by atoms with E-state index in [0.717, 1.165) is 25.9 Å². The lowest BCUT2D eigenvalue weighted by Crippen LogP contribution is -2.32. The maximum Gasteiger partial charge on any atom is 0.322 e. The van der Waals surface area contributed by atoms with Crippen molar-refractivity contribution in [1.29, 1.82) is 0 Å². The van der Waals surface area contributed by atoms with Crippen molar-refractivity contribution in [3.8, 4) is 0 Å². The molecule has 1 aliphatic heterocycles. The normalized spacial score (nSPS) is 13.8. The molecule has 3 N–H and O–H groups in total. The van der Waals surface area contributed by atoms with Crippen molar-refractivity contribution in [3.05, 3.63) is 29.8 Å². The van der Waals surface area contributed by atoms with E-state index in [1.807, 2.05) is 0 Å². The van der Waals surface area contributed by atoms with Gasteiger partial charge in [0.25, 0.3) is 5.91 Å². The summed E-state index contributed by atoms with van der Waals surface area (Å²) in [6.45, 7) is 1.11. The fourth-order valence-corrected chi connectivity index (χ4v) is 2.09. The number of amides is 3. The Morgan fingerprint density at radius 3 is 2.29 bits per heavy atom. The van der Waals surface area contributed by atoms with Crippen LogP contribution in [0.1, 0.15) is 23.2 Å². The molecule has 0 radical (unpaired) electrons. The number of carbonyl (C=O) groups excluding carboxylic acids is 2. The molecule has 0 aromatic heterocycles. The van der Waals surface area contributed by atoms with Gasteiger partial charge in [0, 0.05) is 24.3 Å². The van der Waals surface area contributed by atoms with E-state index in [0.29, 0.717) is 11.3 Å². The van der Waals surface area contributed by atoms with E-state index in [4.69, 9.17) is 5.11 Å². The zero-order valence-electron chi connectivity index (χ0n) is 11.5. The fraction of sp³-hybridized carbons (Fsp3) is 0.357. The van der Waals surface area contributed by atoms with Crippen molar-refractivity contribution in [2.45, 2.75) is 12.8 Å². The Labute approximate surface area is 121 Å². The number of anilines is 1. The first-order valence-corrected chi connectivity index (χ1v) is 6.72. The lowest BCUT2D eigenvalue weighted by molar-refractivity contribution is -0.135. The lowest BCUT2D eigenvalue weighted by atomic mass is 10.2. The summed E-state index contributed by atoms with van der Waals surface area (Å²) in [6, 6.07) is 6.16. The van der Waals surface area contributed by atoms with Crippen molar-refractivity contribution in [3.63, 3.8) is 0 Å². The number of carboxylic acid groups (broad SMARTS) is 1. The van der Waals surface area contributed by atoms with Crippen molar-refractivity contribution >= 4 is 23.6 Å². The highest BCUT2D eigenvalue weighted by molar-refractivity contribution is 5.96. The van der Waals surface area contributed by atoms with Gasteiger partial charge < -0.3 is 20.6 Å². The number of urea groups is 1. The summed E-state index contributed by atoms with van der Waals surface area (Å²) in [6.07, 6.45) is 2.05. The van der Waals surface area contributed by atoms with Crippen LogP contribution >= 0.6 is 0 Å². The standard InChI is InChI=1S/C14H17N3O4/c18-12(19)9-15-13(20)10-3-5-11(6-4-10)16-14(21)17-7-1-2-8-17/h3-6H,1-2,7-9H2,(H,15,20)(H,16,21)(H,18,19). The molecule has 0 unspecified atom stereocenters. The second kappa shape index (κ2) is 6.74. The zero-order valence-corrected chi connectivity index (χ0v) is 11.5. The number of benzene rings is 1. The molecule has 1 aliphatic rings. The van der Waals surface area contributed by atoms with E-state index in [1.165, 1.54) is 12.1 Å². The summed E-state index contributed by atoms with van der Waals surface area (Å²) in [5.74, 6) is -1.56. The number of hydrogen-bond acceptors (Lipinski definition) is 3. The highest BCUT2D eigenvalue weighted by atomic mass is 16.4. The van der Waals surface area contributed by atoms with Crippen LogP contribution in [0, 0.1) is 0 Å². The summed E-state index contributed by atoms with van der Waals surface area (Å²) in [4.78, 5) is 35.6. The molecule has 21 heavy (non-hydrogen) atoms. The quantitative estimate of drug-likeness (QED) is 0.774. The molecule has 0 spiro atoms. The first kappa shape index (κ1) is 14.8. The van der Waals surface area contributed by atoms with Gasteiger partial charge >= 0.3 is 12.0 Å². The van der Waals surface area contributed by atoms with Crippen LogP contribution in [0.2, 0.25) is 0 Å². The van der Waals surface area contributed by atoms with E-state index in [9.17, 15) is 14.4 Å². The minimum absolute atomic E-state index is 0.143. The molecule has 1 saturated heterocycles. The maximum absolute atomic E-state index is 11.9. The predicted octanol–water partition coefficient (Wildman–Crippen LogP) is 1.13. The largest absolute Gasteiger partial charge is 0.480 e. The molecule has 1 aromatic carbocycles. The molecular formula is C14H17N3O4. The first-order chi connectivity index (χ1) is 10.1. The number of hydrogen-bond donors (Lipinski definition) is 3. The summed E-state index contributed by atoms with van der Waals surface area (Å²) in [5, 5.41) is 13.5. The first-order valence-electron chi connectivity index (χ1n) is 6.72. The SMILES string of the molecule is O=C(O)CNC(=O)c1ccc(NC(=O)N2CCCC2)cc1. The number of carboxylic acids is 1. The minimum atomic E-state index is -1.10. The molecule has 7 heteroatoms. The van der Waals surface area contributed by atoms with Crippen molar-refractivity contribution in [2.24, 2.45) is 0 Å². The molecule has 2 rings (SSSR count). The van der Waals surface area contributed by atoms with Gasteiger partial charge in [-0.2, -0.15) is 0 Å². The smallest absolute Gasteiger partial charge is 0.322 e. The summed E-state index contributed by atoms with van der Waals surface area (Å²) in [5.41, 5.74) is 0.942. The summed E-state index contributed by atoms with van der Waals surface area (Å²) < 4.78 is 0.